The lowest BCUT2D eigenvalue weighted by molar-refractivity contribution is 0.169. The van der Waals surface area contributed by atoms with Crippen molar-refractivity contribution in [1.29, 1.82) is 0 Å². The number of aromatic amines is 1. The van der Waals surface area contributed by atoms with Crippen molar-refractivity contribution in [3.8, 4) is 0 Å². The molecule has 2 N–H and O–H groups in total. The molecule has 16 heavy (non-hydrogen) atoms. The maximum atomic E-state index is 13.0. The molecule has 0 saturated heterocycles. The summed E-state index contributed by atoms with van der Waals surface area (Å²) in [5.74, 6) is 0.218. The molecule has 1 aromatic heterocycles. The van der Waals surface area contributed by atoms with E-state index in [-0.39, 0.29) is 5.82 Å². The Hall–Kier alpha value is -1.68. The van der Waals surface area contributed by atoms with E-state index >= 15 is 0 Å². The lowest BCUT2D eigenvalue weighted by Gasteiger charge is -2.10. The Morgan fingerprint density at radius 3 is 3.00 bits per heavy atom. The molecular weight excluding hydrogens is 207 g/mol. The third kappa shape index (κ3) is 2.28. The molecule has 0 amide bonds. The molecule has 0 aliphatic rings. The van der Waals surface area contributed by atoms with Gasteiger partial charge in [0.1, 0.15) is 17.7 Å². The summed E-state index contributed by atoms with van der Waals surface area (Å²) in [4.78, 5) is 6.80. The summed E-state index contributed by atoms with van der Waals surface area (Å²) in [6.45, 7) is 1.89. The molecule has 0 spiro atoms. The number of benzene rings is 1. The summed E-state index contributed by atoms with van der Waals surface area (Å²) < 4.78 is 13.0. The number of halogens is 1. The van der Waals surface area contributed by atoms with Crippen molar-refractivity contribution in [1.82, 2.24) is 9.97 Å². The Balaban J connectivity index is 2.17. The van der Waals surface area contributed by atoms with Crippen LogP contribution < -0.4 is 0 Å². The number of aryl methyl sites for hydroxylation is 1. The van der Waals surface area contributed by atoms with Crippen LogP contribution in [0.3, 0.4) is 0 Å². The van der Waals surface area contributed by atoms with Crippen LogP contribution in [0.15, 0.2) is 30.6 Å². The zero-order valence-electron chi connectivity index (χ0n) is 8.94. The number of aromatic nitrogens is 2. The summed E-state index contributed by atoms with van der Waals surface area (Å²) in [5.41, 5.74) is 1.76. The highest BCUT2D eigenvalue weighted by molar-refractivity contribution is 5.27. The zero-order valence-corrected chi connectivity index (χ0v) is 8.94. The smallest absolute Gasteiger partial charge is 0.135 e. The summed E-state index contributed by atoms with van der Waals surface area (Å²) in [6, 6.07) is 4.57. The van der Waals surface area contributed by atoms with Crippen LogP contribution in [0.2, 0.25) is 0 Å². The van der Waals surface area contributed by atoms with Crippen molar-refractivity contribution in [2.45, 2.75) is 19.4 Å². The Labute approximate surface area is 93.0 Å². The van der Waals surface area contributed by atoms with E-state index in [0.717, 1.165) is 11.1 Å². The van der Waals surface area contributed by atoms with Gasteiger partial charge in [-0.2, -0.15) is 0 Å². The lowest BCUT2D eigenvalue weighted by Crippen LogP contribution is -2.05. The fourth-order valence-corrected chi connectivity index (χ4v) is 1.62. The fraction of sp³-hybridized carbons (Fsp3) is 0.250. The third-order valence-corrected chi connectivity index (χ3v) is 2.56. The molecule has 0 radical (unpaired) electrons. The quantitative estimate of drug-likeness (QED) is 0.832. The molecular formula is C12H13FN2O. The summed E-state index contributed by atoms with van der Waals surface area (Å²) >= 11 is 0. The van der Waals surface area contributed by atoms with Crippen molar-refractivity contribution in [2.75, 3.05) is 0 Å². The first kappa shape index (κ1) is 10.8. The van der Waals surface area contributed by atoms with E-state index < -0.39 is 6.10 Å². The van der Waals surface area contributed by atoms with Gasteiger partial charge in [-0.05, 0) is 30.2 Å². The molecule has 1 atom stereocenters. The van der Waals surface area contributed by atoms with Crippen molar-refractivity contribution >= 4 is 0 Å². The Bertz CT molecular complexity index is 468. The standard InChI is InChI=1S/C12H13FN2O/c1-8-2-3-10(13)6-9(8)7-11(16)12-14-4-5-15-12/h2-6,11,16H,7H2,1H3,(H,14,15). The van der Waals surface area contributed by atoms with Gasteiger partial charge in [0, 0.05) is 18.8 Å². The minimum Gasteiger partial charge on any atom is -0.385 e. The molecule has 1 aromatic carbocycles. The molecule has 4 heteroatoms. The Morgan fingerprint density at radius 2 is 2.31 bits per heavy atom. The summed E-state index contributed by atoms with van der Waals surface area (Å²) in [6.07, 6.45) is 2.86. The van der Waals surface area contributed by atoms with Gasteiger partial charge in [0.15, 0.2) is 0 Å². The molecule has 1 unspecified atom stereocenters. The molecule has 1 heterocycles. The predicted molar refractivity (Wildman–Crippen MR) is 58.4 cm³/mol. The maximum absolute atomic E-state index is 13.0. The van der Waals surface area contributed by atoms with Crippen LogP contribution in [0.25, 0.3) is 0 Å². The van der Waals surface area contributed by atoms with Gasteiger partial charge >= 0.3 is 0 Å². The summed E-state index contributed by atoms with van der Waals surface area (Å²) in [7, 11) is 0. The Morgan fingerprint density at radius 1 is 1.50 bits per heavy atom. The van der Waals surface area contributed by atoms with Gasteiger partial charge in [0.2, 0.25) is 0 Å². The second kappa shape index (κ2) is 4.45. The fourth-order valence-electron chi connectivity index (χ4n) is 1.62. The topological polar surface area (TPSA) is 48.9 Å². The van der Waals surface area contributed by atoms with E-state index in [2.05, 4.69) is 9.97 Å². The largest absolute Gasteiger partial charge is 0.385 e. The molecule has 0 bridgehead atoms. The number of hydrogen-bond acceptors (Lipinski definition) is 2. The van der Waals surface area contributed by atoms with Crippen molar-refractivity contribution in [3.63, 3.8) is 0 Å². The number of hydrogen-bond donors (Lipinski definition) is 2. The first-order chi connectivity index (χ1) is 7.66. The lowest BCUT2D eigenvalue weighted by atomic mass is 10.0. The van der Waals surface area contributed by atoms with Crippen molar-refractivity contribution in [2.24, 2.45) is 0 Å². The predicted octanol–water partition coefficient (Wildman–Crippen LogP) is 2.13. The van der Waals surface area contributed by atoms with Crippen LogP contribution in [0.5, 0.6) is 0 Å². The number of rotatable bonds is 3. The van der Waals surface area contributed by atoms with E-state index in [9.17, 15) is 9.50 Å². The van der Waals surface area contributed by atoms with Gasteiger partial charge < -0.3 is 10.1 Å². The van der Waals surface area contributed by atoms with Crippen LogP contribution in [0, 0.1) is 12.7 Å². The first-order valence-corrected chi connectivity index (χ1v) is 5.09. The normalized spacial score (nSPS) is 12.7. The number of aliphatic hydroxyl groups is 1. The highest BCUT2D eigenvalue weighted by Gasteiger charge is 2.12. The molecule has 0 aliphatic heterocycles. The molecule has 0 fully saturated rings. The van der Waals surface area contributed by atoms with E-state index in [4.69, 9.17) is 0 Å². The van der Waals surface area contributed by atoms with Gasteiger partial charge in [-0.25, -0.2) is 9.37 Å². The molecule has 84 valence electrons. The second-order valence-electron chi connectivity index (χ2n) is 3.77. The number of H-pyrrole nitrogens is 1. The zero-order chi connectivity index (χ0) is 11.5. The van der Waals surface area contributed by atoms with Crippen LogP contribution in [0.1, 0.15) is 23.1 Å². The van der Waals surface area contributed by atoms with Gasteiger partial charge in [0.25, 0.3) is 0 Å². The van der Waals surface area contributed by atoms with Gasteiger partial charge in [0.05, 0.1) is 0 Å². The number of aliphatic hydroxyl groups excluding tert-OH is 1. The molecule has 0 aliphatic carbocycles. The van der Waals surface area contributed by atoms with Crippen LogP contribution >= 0.6 is 0 Å². The minimum atomic E-state index is -0.726. The highest BCUT2D eigenvalue weighted by Crippen LogP contribution is 2.18. The number of imidazole rings is 1. The summed E-state index contributed by atoms with van der Waals surface area (Å²) in [5, 5.41) is 9.86. The minimum absolute atomic E-state index is 0.285. The van der Waals surface area contributed by atoms with Crippen LogP contribution in [-0.2, 0) is 6.42 Å². The van der Waals surface area contributed by atoms with Crippen molar-refractivity contribution < 1.29 is 9.50 Å². The molecule has 2 aromatic rings. The van der Waals surface area contributed by atoms with Crippen LogP contribution in [-0.4, -0.2) is 15.1 Å². The molecule has 2 rings (SSSR count). The first-order valence-electron chi connectivity index (χ1n) is 5.09. The number of nitrogens with one attached hydrogen (secondary N) is 1. The molecule has 3 nitrogen and oxygen atoms in total. The third-order valence-electron chi connectivity index (χ3n) is 2.56. The second-order valence-corrected chi connectivity index (χ2v) is 3.77. The van der Waals surface area contributed by atoms with Gasteiger partial charge in [-0.15, -0.1) is 0 Å². The average molecular weight is 220 g/mol. The average Bonchev–Trinajstić information content (AvgIpc) is 2.76. The number of nitrogens with zero attached hydrogens (tertiary/aromatic N) is 1. The monoisotopic (exact) mass is 220 g/mol. The Kier molecular flexibility index (Phi) is 3.01. The maximum Gasteiger partial charge on any atom is 0.135 e. The van der Waals surface area contributed by atoms with Crippen molar-refractivity contribution in [3.05, 3.63) is 53.4 Å². The van der Waals surface area contributed by atoms with E-state index in [1.807, 2.05) is 6.92 Å². The van der Waals surface area contributed by atoms with Gasteiger partial charge in [-0.1, -0.05) is 6.07 Å². The van der Waals surface area contributed by atoms with E-state index in [0.29, 0.717) is 12.2 Å². The van der Waals surface area contributed by atoms with E-state index in [1.165, 1.54) is 12.1 Å². The molecule has 0 saturated carbocycles. The highest BCUT2D eigenvalue weighted by atomic mass is 19.1. The van der Waals surface area contributed by atoms with E-state index in [1.54, 1.807) is 18.5 Å². The van der Waals surface area contributed by atoms with Gasteiger partial charge in [-0.3, -0.25) is 0 Å². The van der Waals surface area contributed by atoms with Crippen LogP contribution in [0.4, 0.5) is 4.39 Å². The SMILES string of the molecule is Cc1ccc(F)cc1CC(O)c1ncc[nH]1.